The van der Waals surface area contributed by atoms with Crippen molar-refractivity contribution in [2.24, 2.45) is 5.92 Å². The van der Waals surface area contributed by atoms with Crippen LogP contribution < -0.4 is 15.4 Å². The van der Waals surface area contributed by atoms with Gasteiger partial charge in [0.2, 0.25) is 0 Å². The van der Waals surface area contributed by atoms with Gasteiger partial charge < -0.3 is 40.5 Å². The number of ether oxygens (including phenoxy) is 2. The molecular formula is C34H46N2O8. The number of nitrogens with one attached hydrogen (secondary N) is 2. The van der Waals surface area contributed by atoms with Crippen LogP contribution in [-0.4, -0.2) is 65.2 Å². The minimum absolute atomic E-state index is 0.0203. The number of amides is 1. The molecule has 10 heteroatoms. The van der Waals surface area contributed by atoms with Gasteiger partial charge in [0.25, 0.3) is 11.9 Å². The summed E-state index contributed by atoms with van der Waals surface area (Å²) in [6.07, 6.45) is 1.02. The van der Waals surface area contributed by atoms with Crippen molar-refractivity contribution < 1.29 is 39.5 Å². The number of carbonyl (C=O) groups excluding carboxylic acids is 1. The molecule has 0 heterocycles. The third-order valence-electron chi connectivity index (χ3n) is 6.47. The summed E-state index contributed by atoms with van der Waals surface area (Å²) in [6.45, 7) is 8.07. The molecule has 0 aromatic heterocycles. The Labute approximate surface area is 259 Å². The lowest BCUT2D eigenvalue weighted by Crippen LogP contribution is -2.25. The molecule has 0 spiro atoms. The number of hydrogen-bond acceptors (Lipinski definition) is 8. The van der Waals surface area contributed by atoms with Crippen LogP contribution in [0.15, 0.2) is 66.7 Å². The Morgan fingerprint density at radius 2 is 1.66 bits per heavy atom. The molecule has 3 aromatic rings. The van der Waals surface area contributed by atoms with Crippen LogP contribution in [0.25, 0.3) is 0 Å². The number of phenols is 1. The number of hydrogen-bond donors (Lipinski definition) is 6. The van der Waals surface area contributed by atoms with Gasteiger partial charge in [-0.25, -0.2) is 0 Å². The molecule has 0 fully saturated rings. The minimum atomic E-state index is -0.833. The highest BCUT2D eigenvalue weighted by molar-refractivity contribution is 5.94. The van der Waals surface area contributed by atoms with Crippen LogP contribution in [-0.2, 0) is 29.2 Å². The zero-order valence-electron chi connectivity index (χ0n) is 25.8. The van der Waals surface area contributed by atoms with E-state index < -0.39 is 12.1 Å². The Bertz CT molecular complexity index is 1280. The number of benzene rings is 3. The fraction of sp³-hybridized carbons (Fsp3) is 0.412. The van der Waals surface area contributed by atoms with E-state index in [9.17, 15) is 20.1 Å². The van der Waals surface area contributed by atoms with Gasteiger partial charge in [-0.1, -0.05) is 44.2 Å². The van der Waals surface area contributed by atoms with Crippen LogP contribution in [0.1, 0.15) is 65.9 Å². The summed E-state index contributed by atoms with van der Waals surface area (Å²) in [5.74, 6) is 0.444. The summed E-state index contributed by atoms with van der Waals surface area (Å²) in [5, 5.41) is 42.9. The number of aliphatic hydroxyl groups is 2. The van der Waals surface area contributed by atoms with Gasteiger partial charge in [0, 0.05) is 31.1 Å². The normalized spacial score (nSPS) is 11.4. The molecule has 240 valence electrons. The second-order valence-electron chi connectivity index (χ2n) is 10.7. The largest absolute Gasteiger partial charge is 0.508 e. The smallest absolute Gasteiger partial charge is 0.300 e. The summed E-state index contributed by atoms with van der Waals surface area (Å²) in [7, 11) is 0. The number of aliphatic carboxylic acids is 1. The third kappa shape index (κ3) is 14.5. The van der Waals surface area contributed by atoms with Gasteiger partial charge >= 0.3 is 0 Å². The van der Waals surface area contributed by atoms with Gasteiger partial charge in [0.05, 0.1) is 25.9 Å². The summed E-state index contributed by atoms with van der Waals surface area (Å²) < 4.78 is 11.5. The second-order valence-corrected chi connectivity index (χ2v) is 10.7. The molecule has 44 heavy (non-hydrogen) atoms. The van der Waals surface area contributed by atoms with E-state index >= 15 is 0 Å². The van der Waals surface area contributed by atoms with E-state index in [-0.39, 0.29) is 18.3 Å². The number of aliphatic hydroxyl groups excluding tert-OH is 2. The molecule has 0 saturated carbocycles. The predicted octanol–water partition coefficient (Wildman–Crippen LogP) is 4.21. The van der Waals surface area contributed by atoms with Gasteiger partial charge in [0.15, 0.2) is 0 Å². The van der Waals surface area contributed by atoms with Crippen LogP contribution >= 0.6 is 0 Å². The first-order chi connectivity index (χ1) is 21.1. The molecule has 3 rings (SSSR count). The van der Waals surface area contributed by atoms with E-state index in [1.807, 2.05) is 48.5 Å². The Hall–Kier alpha value is -3.96. The Morgan fingerprint density at radius 1 is 0.932 bits per heavy atom. The zero-order valence-corrected chi connectivity index (χ0v) is 25.8. The number of carboxylic acid groups (broad SMARTS) is 1. The van der Waals surface area contributed by atoms with Crippen molar-refractivity contribution >= 4 is 11.9 Å². The van der Waals surface area contributed by atoms with Gasteiger partial charge in [0.1, 0.15) is 18.1 Å². The lowest BCUT2D eigenvalue weighted by molar-refractivity contribution is -0.134. The van der Waals surface area contributed by atoms with Gasteiger partial charge in [-0.15, -0.1) is 0 Å². The van der Waals surface area contributed by atoms with Crippen LogP contribution in [0.5, 0.6) is 11.5 Å². The van der Waals surface area contributed by atoms with Gasteiger partial charge in [-0.05, 0) is 78.4 Å². The molecule has 0 aliphatic carbocycles. The average molecular weight is 611 g/mol. The van der Waals surface area contributed by atoms with E-state index in [4.69, 9.17) is 19.4 Å². The molecule has 1 atom stereocenters. The first-order valence-electron chi connectivity index (χ1n) is 14.8. The lowest BCUT2D eigenvalue weighted by Gasteiger charge is -2.14. The topological polar surface area (TPSA) is 158 Å². The van der Waals surface area contributed by atoms with E-state index in [2.05, 4.69) is 24.5 Å². The fourth-order valence-corrected chi connectivity index (χ4v) is 4.07. The summed E-state index contributed by atoms with van der Waals surface area (Å²) in [6, 6.07) is 20.1. The molecule has 0 radical (unpaired) electrons. The third-order valence-corrected chi connectivity index (χ3v) is 6.47. The Kier molecular flexibility index (Phi) is 16.5. The molecule has 0 saturated heterocycles. The molecule has 0 aliphatic heterocycles. The predicted molar refractivity (Wildman–Crippen MR) is 169 cm³/mol. The summed E-state index contributed by atoms with van der Waals surface area (Å²) >= 11 is 0. The zero-order chi connectivity index (χ0) is 32.3. The minimum Gasteiger partial charge on any atom is -0.508 e. The van der Waals surface area contributed by atoms with Crippen LogP contribution in [0.4, 0.5) is 0 Å². The maximum absolute atomic E-state index is 12.3. The van der Waals surface area contributed by atoms with E-state index in [1.54, 1.807) is 12.1 Å². The first-order valence-corrected chi connectivity index (χ1v) is 14.8. The molecule has 0 unspecified atom stereocenters. The Balaban J connectivity index is 0.00000159. The maximum Gasteiger partial charge on any atom is 0.300 e. The molecule has 0 aliphatic rings. The summed E-state index contributed by atoms with van der Waals surface area (Å²) in [4.78, 5) is 21.3. The van der Waals surface area contributed by atoms with E-state index in [1.165, 1.54) is 6.07 Å². The molecule has 1 amide bonds. The highest BCUT2D eigenvalue weighted by atomic mass is 16.5. The number of aromatic hydroxyl groups is 1. The van der Waals surface area contributed by atoms with Crippen molar-refractivity contribution in [3.63, 3.8) is 0 Å². The molecular weight excluding hydrogens is 564 g/mol. The highest BCUT2D eigenvalue weighted by Crippen LogP contribution is 2.22. The lowest BCUT2D eigenvalue weighted by atomic mass is 10.1. The van der Waals surface area contributed by atoms with E-state index in [0.717, 1.165) is 36.6 Å². The first kappa shape index (κ1) is 36.2. The van der Waals surface area contributed by atoms with Crippen LogP contribution in [0.3, 0.4) is 0 Å². The number of carboxylic acids is 1. The fourth-order valence-electron chi connectivity index (χ4n) is 4.07. The summed E-state index contributed by atoms with van der Waals surface area (Å²) in [5.41, 5.74) is 3.77. The maximum atomic E-state index is 12.3. The average Bonchev–Trinajstić information content (AvgIpc) is 2.99. The van der Waals surface area contributed by atoms with Crippen molar-refractivity contribution in [3.8, 4) is 11.5 Å². The van der Waals surface area contributed by atoms with Gasteiger partial charge in [-0.2, -0.15) is 0 Å². The standard InChI is InChI=1S/C32H42N2O6.C2H4O2/c1-23(2)12-15-34-32(38)27-5-3-4-25(18-27)22-39-16-17-40-29-9-6-24(7-10-29)13-14-33-20-31(37)26-8-11-30(36)28(19-26)21-35;1-2(3)4/h3-11,18-19,23,31,33,35-37H,12-17,20-22H2,1-2H3,(H,34,38);1H3,(H,3,4)/t31-;/m0./s1. The highest BCUT2D eigenvalue weighted by Gasteiger charge is 2.10. The quantitative estimate of drug-likeness (QED) is 0.123. The van der Waals surface area contributed by atoms with E-state index in [0.29, 0.717) is 62.1 Å². The number of rotatable bonds is 17. The van der Waals surface area contributed by atoms with Crippen molar-refractivity contribution in [2.75, 3.05) is 32.8 Å². The second kappa shape index (κ2) is 20.1. The van der Waals surface area contributed by atoms with Crippen molar-refractivity contribution in [1.29, 1.82) is 0 Å². The van der Waals surface area contributed by atoms with Crippen molar-refractivity contribution in [2.45, 2.75) is 52.9 Å². The molecule has 6 N–H and O–H groups in total. The molecule has 0 bridgehead atoms. The Morgan fingerprint density at radius 3 is 2.34 bits per heavy atom. The number of carbonyl (C=O) groups is 2. The SMILES string of the molecule is CC(=O)O.CC(C)CCNC(=O)c1cccc(COCCOc2ccc(CCNC[C@H](O)c3ccc(O)c(CO)c3)cc2)c1. The van der Waals surface area contributed by atoms with Crippen LogP contribution in [0.2, 0.25) is 0 Å². The molecule has 10 nitrogen and oxygen atoms in total. The van der Waals surface area contributed by atoms with Crippen molar-refractivity contribution in [3.05, 3.63) is 94.5 Å². The van der Waals surface area contributed by atoms with Crippen molar-refractivity contribution in [1.82, 2.24) is 10.6 Å². The molecule has 3 aromatic carbocycles. The van der Waals surface area contributed by atoms with Crippen LogP contribution in [0, 0.1) is 5.92 Å². The van der Waals surface area contributed by atoms with Gasteiger partial charge in [-0.3, -0.25) is 9.59 Å². The monoisotopic (exact) mass is 610 g/mol.